The second-order valence-electron chi connectivity index (χ2n) is 4.12. The average molecular weight is 235 g/mol. The average Bonchev–Trinajstić information content (AvgIpc) is 2.83. The first-order valence-electron chi connectivity index (χ1n) is 5.95. The lowest BCUT2D eigenvalue weighted by molar-refractivity contribution is 0.626. The van der Waals surface area contributed by atoms with Crippen LogP contribution in [-0.4, -0.2) is 11.5 Å². The Morgan fingerprint density at radius 1 is 1.38 bits per heavy atom. The van der Waals surface area contributed by atoms with Crippen LogP contribution in [0.2, 0.25) is 0 Å². The molecule has 1 heterocycles. The van der Waals surface area contributed by atoms with Gasteiger partial charge in [0.25, 0.3) is 0 Å². The van der Waals surface area contributed by atoms with Crippen molar-refractivity contribution in [1.29, 1.82) is 5.26 Å². The molecule has 0 amide bonds. The maximum Gasteiger partial charge on any atom is 0.107 e. The Kier molecular flexibility index (Phi) is 4.32. The summed E-state index contributed by atoms with van der Waals surface area (Å²) in [6, 6.07) is 2.16. The lowest BCUT2D eigenvalue weighted by atomic mass is 10.2. The van der Waals surface area contributed by atoms with Crippen LogP contribution in [0.1, 0.15) is 41.3 Å². The van der Waals surface area contributed by atoms with Crippen LogP contribution in [0.25, 0.3) is 0 Å². The maximum atomic E-state index is 8.39. The van der Waals surface area contributed by atoms with Crippen LogP contribution in [0.15, 0.2) is 0 Å². The molecule has 1 aliphatic carbocycles. The summed E-state index contributed by atoms with van der Waals surface area (Å²) in [5.74, 6) is 0. The van der Waals surface area contributed by atoms with Gasteiger partial charge < -0.3 is 5.32 Å². The lowest BCUT2D eigenvalue weighted by Crippen LogP contribution is -2.14. The fourth-order valence-corrected chi connectivity index (χ4v) is 3.10. The molecule has 0 fully saturated rings. The molecule has 0 radical (unpaired) electrons. The predicted octanol–water partition coefficient (Wildman–Crippen LogP) is 2.42. The Labute approximate surface area is 101 Å². The van der Waals surface area contributed by atoms with Gasteiger partial charge >= 0.3 is 0 Å². The lowest BCUT2D eigenvalue weighted by Gasteiger charge is -2.00. The van der Waals surface area contributed by atoms with Crippen molar-refractivity contribution >= 4 is 11.3 Å². The Morgan fingerprint density at radius 3 is 3.12 bits per heavy atom. The molecule has 1 aromatic rings. The van der Waals surface area contributed by atoms with E-state index < -0.39 is 0 Å². The van der Waals surface area contributed by atoms with Crippen LogP contribution in [0.3, 0.4) is 0 Å². The van der Waals surface area contributed by atoms with Gasteiger partial charge in [-0.05, 0) is 38.6 Å². The number of hydrogen-bond acceptors (Lipinski definition) is 4. The first-order chi connectivity index (χ1) is 7.90. The van der Waals surface area contributed by atoms with Gasteiger partial charge in [-0.25, -0.2) is 4.98 Å². The first kappa shape index (κ1) is 11.6. The van der Waals surface area contributed by atoms with Crippen LogP contribution < -0.4 is 5.32 Å². The minimum absolute atomic E-state index is 0.674. The van der Waals surface area contributed by atoms with Gasteiger partial charge in [0.15, 0.2) is 0 Å². The summed E-state index contributed by atoms with van der Waals surface area (Å²) in [6.45, 7) is 1.89. The number of rotatable bonds is 6. The van der Waals surface area contributed by atoms with Crippen molar-refractivity contribution in [3.8, 4) is 6.07 Å². The summed E-state index contributed by atoms with van der Waals surface area (Å²) < 4.78 is 0. The molecule has 86 valence electrons. The van der Waals surface area contributed by atoms with Crippen LogP contribution in [0, 0.1) is 11.3 Å². The molecule has 3 nitrogen and oxygen atoms in total. The Balaban J connectivity index is 1.64. The zero-order valence-corrected chi connectivity index (χ0v) is 10.3. The van der Waals surface area contributed by atoms with Crippen LogP contribution in [-0.2, 0) is 19.4 Å². The van der Waals surface area contributed by atoms with E-state index in [1.165, 1.54) is 34.8 Å². The molecule has 0 spiro atoms. The van der Waals surface area contributed by atoms with Gasteiger partial charge in [-0.3, -0.25) is 0 Å². The minimum atomic E-state index is 0.674. The van der Waals surface area contributed by atoms with Crippen LogP contribution in [0.4, 0.5) is 0 Å². The smallest absolute Gasteiger partial charge is 0.107 e. The number of nitrogens with one attached hydrogen (secondary N) is 1. The number of thiazole rings is 1. The minimum Gasteiger partial charge on any atom is -0.310 e. The molecule has 0 atom stereocenters. The van der Waals surface area contributed by atoms with Crippen molar-refractivity contribution < 1.29 is 0 Å². The molecule has 0 aromatic carbocycles. The molecule has 0 saturated carbocycles. The third kappa shape index (κ3) is 3.03. The summed E-state index contributed by atoms with van der Waals surface area (Å²) >= 11 is 1.86. The normalized spacial score (nSPS) is 13.7. The summed E-state index contributed by atoms with van der Waals surface area (Å²) in [6.07, 6.45) is 6.45. The number of aromatic nitrogens is 1. The van der Waals surface area contributed by atoms with Crippen molar-refractivity contribution in [1.82, 2.24) is 10.3 Å². The van der Waals surface area contributed by atoms with E-state index in [9.17, 15) is 0 Å². The molecule has 4 heteroatoms. The molecule has 1 aromatic heterocycles. The molecule has 0 aliphatic heterocycles. The number of aryl methyl sites for hydroxylation is 2. The Morgan fingerprint density at radius 2 is 2.31 bits per heavy atom. The maximum absolute atomic E-state index is 8.39. The van der Waals surface area contributed by atoms with Crippen molar-refractivity contribution in [2.75, 3.05) is 6.54 Å². The third-order valence-electron chi connectivity index (χ3n) is 2.81. The number of nitrogens with zero attached hydrogens (tertiary/aromatic N) is 2. The zero-order chi connectivity index (χ0) is 11.2. The van der Waals surface area contributed by atoms with Gasteiger partial charge in [0.05, 0.1) is 11.8 Å². The molecule has 1 aliphatic rings. The molecule has 2 rings (SSSR count). The fourth-order valence-electron chi connectivity index (χ4n) is 1.97. The highest BCUT2D eigenvalue weighted by molar-refractivity contribution is 7.11. The quantitative estimate of drug-likeness (QED) is 0.770. The predicted molar refractivity (Wildman–Crippen MR) is 65.3 cm³/mol. The van der Waals surface area contributed by atoms with E-state index in [2.05, 4.69) is 16.4 Å². The fraction of sp³-hybridized carbons (Fsp3) is 0.667. The van der Waals surface area contributed by atoms with Gasteiger partial charge in [-0.15, -0.1) is 11.3 Å². The number of nitriles is 1. The second-order valence-corrected chi connectivity index (χ2v) is 5.29. The first-order valence-corrected chi connectivity index (χ1v) is 6.77. The molecule has 1 N–H and O–H groups in total. The van der Waals surface area contributed by atoms with Gasteiger partial charge in [-0.1, -0.05) is 0 Å². The monoisotopic (exact) mass is 235 g/mol. The van der Waals surface area contributed by atoms with Gasteiger partial charge in [-0.2, -0.15) is 5.26 Å². The number of fused-ring (bicyclic) bond motifs is 1. The van der Waals surface area contributed by atoms with Gasteiger partial charge in [0.2, 0.25) is 0 Å². The van der Waals surface area contributed by atoms with Crippen molar-refractivity contribution in [2.24, 2.45) is 0 Å². The van der Waals surface area contributed by atoms with Crippen molar-refractivity contribution in [3.63, 3.8) is 0 Å². The van der Waals surface area contributed by atoms with E-state index in [0.29, 0.717) is 6.42 Å². The molecular formula is C12H17N3S. The third-order valence-corrected chi connectivity index (χ3v) is 3.97. The summed E-state index contributed by atoms with van der Waals surface area (Å²) in [5, 5.41) is 13.0. The van der Waals surface area contributed by atoms with E-state index in [-0.39, 0.29) is 0 Å². The van der Waals surface area contributed by atoms with Crippen LogP contribution >= 0.6 is 11.3 Å². The summed E-state index contributed by atoms with van der Waals surface area (Å²) in [5.41, 5.74) is 1.34. The highest BCUT2D eigenvalue weighted by Crippen LogP contribution is 2.27. The Hall–Kier alpha value is -0.920. The highest BCUT2D eigenvalue weighted by atomic mass is 32.1. The van der Waals surface area contributed by atoms with E-state index >= 15 is 0 Å². The highest BCUT2D eigenvalue weighted by Gasteiger charge is 2.15. The van der Waals surface area contributed by atoms with E-state index in [4.69, 9.17) is 5.26 Å². The Bertz CT molecular complexity index is 357. The molecule has 16 heavy (non-hydrogen) atoms. The molecular weight excluding hydrogens is 218 g/mol. The van der Waals surface area contributed by atoms with Crippen molar-refractivity contribution in [3.05, 3.63) is 15.6 Å². The SMILES string of the molecule is N#CCCCCNCc1nc2c(s1)CCC2. The standard InChI is InChI=1S/C12H17N3S/c13-7-2-1-3-8-14-9-12-15-10-5-4-6-11(10)16-12/h14H,1-6,8-9H2. The number of hydrogen-bond donors (Lipinski definition) is 1. The van der Waals surface area contributed by atoms with E-state index in [1.807, 2.05) is 11.3 Å². The topological polar surface area (TPSA) is 48.7 Å². The van der Waals surface area contributed by atoms with Crippen LogP contribution in [0.5, 0.6) is 0 Å². The van der Waals surface area contributed by atoms with E-state index in [1.54, 1.807) is 0 Å². The van der Waals surface area contributed by atoms with Crippen molar-refractivity contribution in [2.45, 2.75) is 45.1 Å². The van der Waals surface area contributed by atoms with E-state index in [0.717, 1.165) is 25.9 Å². The second kappa shape index (κ2) is 5.97. The van der Waals surface area contributed by atoms with Gasteiger partial charge in [0, 0.05) is 17.8 Å². The molecule has 0 bridgehead atoms. The molecule has 0 saturated heterocycles. The number of unbranched alkanes of at least 4 members (excludes halogenated alkanes) is 2. The summed E-state index contributed by atoms with van der Waals surface area (Å²) in [4.78, 5) is 6.13. The van der Waals surface area contributed by atoms with Gasteiger partial charge in [0.1, 0.15) is 5.01 Å². The zero-order valence-electron chi connectivity index (χ0n) is 9.46. The summed E-state index contributed by atoms with van der Waals surface area (Å²) in [7, 11) is 0. The largest absolute Gasteiger partial charge is 0.310 e. The molecule has 0 unspecified atom stereocenters.